The van der Waals surface area contributed by atoms with Gasteiger partial charge in [0.05, 0.1) is 4.70 Å². The molecule has 94 valence electrons. The molecule has 1 N–H and O–H groups in total. The summed E-state index contributed by atoms with van der Waals surface area (Å²) in [6.45, 7) is 1.41. The van der Waals surface area contributed by atoms with Gasteiger partial charge in [-0.2, -0.15) is 0 Å². The van der Waals surface area contributed by atoms with Gasteiger partial charge in [0.15, 0.2) is 0 Å². The maximum Gasteiger partial charge on any atom is 0.222 e. The number of pyridine rings is 1. The number of fused-ring (bicyclic) bond motifs is 2. The number of carbonyl (C=O) groups excluding carboxylic acids is 1. The van der Waals surface area contributed by atoms with E-state index in [-0.39, 0.29) is 11.3 Å². The fourth-order valence-electron chi connectivity index (χ4n) is 1.93. The van der Waals surface area contributed by atoms with Crippen molar-refractivity contribution in [3.8, 4) is 0 Å². The molecule has 0 aliphatic heterocycles. The lowest BCUT2D eigenvalue weighted by molar-refractivity contribution is -0.114. The molecule has 0 spiro atoms. The summed E-state index contributed by atoms with van der Waals surface area (Å²) >= 11 is 1.52. The monoisotopic (exact) mass is 270 g/mol. The van der Waals surface area contributed by atoms with Gasteiger partial charge in [-0.05, 0) is 24.3 Å². The third-order valence-electron chi connectivity index (χ3n) is 2.73. The summed E-state index contributed by atoms with van der Waals surface area (Å²) in [5.74, 6) is 0.198. The van der Waals surface area contributed by atoms with Crippen molar-refractivity contribution in [2.24, 2.45) is 0 Å². The Bertz CT molecular complexity index is 855. The van der Waals surface area contributed by atoms with Crippen molar-refractivity contribution in [3.05, 3.63) is 46.6 Å². The Morgan fingerprint density at radius 2 is 1.95 bits per heavy atom. The molecular formula is C14H10N2O2S. The minimum absolute atomic E-state index is 0.100. The molecule has 2 aromatic heterocycles. The summed E-state index contributed by atoms with van der Waals surface area (Å²) in [7, 11) is 0. The Morgan fingerprint density at radius 1 is 1.16 bits per heavy atom. The van der Waals surface area contributed by atoms with Crippen LogP contribution in [0.4, 0.5) is 5.82 Å². The molecule has 3 rings (SSSR count). The van der Waals surface area contributed by atoms with E-state index in [1.165, 1.54) is 18.3 Å². The third-order valence-corrected chi connectivity index (χ3v) is 3.85. The number of carbonyl (C=O) groups is 1. The lowest BCUT2D eigenvalue weighted by Crippen LogP contribution is -2.09. The molecular weight excluding hydrogens is 260 g/mol. The Morgan fingerprint density at radius 3 is 2.74 bits per heavy atom. The number of benzene rings is 1. The third kappa shape index (κ3) is 2.08. The van der Waals surface area contributed by atoms with Crippen molar-refractivity contribution in [1.82, 2.24) is 4.98 Å². The zero-order valence-electron chi connectivity index (χ0n) is 10.1. The first kappa shape index (κ1) is 11.8. The summed E-state index contributed by atoms with van der Waals surface area (Å²) in [6.07, 6.45) is 0. The Hall–Kier alpha value is -2.27. The highest BCUT2D eigenvalue weighted by Crippen LogP contribution is 2.24. The largest absolute Gasteiger partial charge is 0.311 e. The maximum atomic E-state index is 12.4. The molecule has 0 radical (unpaired) electrons. The SMILES string of the molecule is CC(=O)Nc1ccc2sc3ccccc3c(=O)c2n1. The standard InChI is InChI=1S/C14H10N2O2S/c1-8(17)15-12-7-6-11-13(16-12)14(18)9-4-2-3-5-10(9)19-11/h2-7H,1H3,(H,15,16,17). The van der Waals surface area contributed by atoms with E-state index in [0.717, 1.165) is 9.40 Å². The van der Waals surface area contributed by atoms with Crippen molar-refractivity contribution in [1.29, 1.82) is 0 Å². The molecule has 2 heterocycles. The summed E-state index contributed by atoms with van der Waals surface area (Å²) in [5, 5.41) is 3.25. The molecule has 1 amide bonds. The van der Waals surface area contributed by atoms with Crippen LogP contribution in [0, 0.1) is 0 Å². The molecule has 0 atom stereocenters. The second-order valence-corrected chi connectivity index (χ2v) is 5.24. The van der Waals surface area contributed by atoms with E-state index in [4.69, 9.17) is 0 Å². The first-order valence-electron chi connectivity index (χ1n) is 5.75. The van der Waals surface area contributed by atoms with Gasteiger partial charge in [0.2, 0.25) is 11.3 Å². The Labute approximate surface area is 112 Å². The smallest absolute Gasteiger partial charge is 0.222 e. The van der Waals surface area contributed by atoms with Gasteiger partial charge in [-0.1, -0.05) is 12.1 Å². The number of hydrogen-bond acceptors (Lipinski definition) is 4. The number of rotatable bonds is 1. The molecule has 0 saturated carbocycles. The van der Waals surface area contributed by atoms with Gasteiger partial charge in [0.25, 0.3) is 0 Å². The van der Waals surface area contributed by atoms with E-state index >= 15 is 0 Å². The van der Waals surface area contributed by atoms with Gasteiger partial charge in [-0.25, -0.2) is 4.98 Å². The topological polar surface area (TPSA) is 59.1 Å². The van der Waals surface area contributed by atoms with Crippen LogP contribution >= 0.6 is 11.3 Å². The average Bonchev–Trinajstić information content (AvgIpc) is 2.39. The molecule has 0 bridgehead atoms. The van der Waals surface area contributed by atoms with Crippen molar-refractivity contribution < 1.29 is 4.79 Å². The zero-order valence-corrected chi connectivity index (χ0v) is 11.0. The van der Waals surface area contributed by atoms with Crippen LogP contribution in [0.5, 0.6) is 0 Å². The van der Waals surface area contributed by atoms with Gasteiger partial charge in [-0.15, -0.1) is 11.3 Å². The van der Waals surface area contributed by atoms with Crippen LogP contribution in [-0.2, 0) is 4.79 Å². The minimum atomic E-state index is -0.205. The lowest BCUT2D eigenvalue weighted by atomic mass is 10.2. The molecule has 4 nitrogen and oxygen atoms in total. The molecule has 0 aliphatic rings. The van der Waals surface area contributed by atoms with Gasteiger partial charge >= 0.3 is 0 Å². The summed E-state index contributed by atoms with van der Waals surface area (Å²) < 4.78 is 1.76. The van der Waals surface area contributed by atoms with Crippen LogP contribution < -0.4 is 10.7 Å². The molecule has 19 heavy (non-hydrogen) atoms. The van der Waals surface area contributed by atoms with Gasteiger partial charge in [0, 0.05) is 17.0 Å². The number of nitrogens with zero attached hydrogens (tertiary/aromatic N) is 1. The normalized spacial score (nSPS) is 10.8. The molecule has 0 aliphatic carbocycles. The Balaban J connectivity index is 2.33. The number of hydrogen-bond donors (Lipinski definition) is 1. The maximum absolute atomic E-state index is 12.4. The highest BCUT2D eigenvalue weighted by atomic mass is 32.1. The summed E-state index contributed by atoms with van der Waals surface area (Å²) in [5.41, 5.74) is 0.298. The van der Waals surface area contributed by atoms with Crippen molar-refractivity contribution >= 4 is 43.4 Å². The second kappa shape index (κ2) is 4.44. The van der Waals surface area contributed by atoms with E-state index in [2.05, 4.69) is 10.3 Å². The lowest BCUT2D eigenvalue weighted by Gasteiger charge is -2.03. The average molecular weight is 270 g/mol. The van der Waals surface area contributed by atoms with Crippen LogP contribution in [0.3, 0.4) is 0 Å². The summed E-state index contributed by atoms with van der Waals surface area (Å²) in [4.78, 5) is 27.6. The zero-order chi connectivity index (χ0) is 13.4. The first-order valence-corrected chi connectivity index (χ1v) is 6.57. The first-order chi connectivity index (χ1) is 9.15. The fourth-order valence-corrected chi connectivity index (χ4v) is 2.96. The van der Waals surface area contributed by atoms with Gasteiger partial charge in [0.1, 0.15) is 11.3 Å². The number of nitrogens with one attached hydrogen (secondary N) is 1. The molecule has 0 saturated heterocycles. The van der Waals surface area contributed by atoms with Crippen LogP contribution in [0.15, 0.2) is 41.2 Å². The van der Waals surface area contributed by atoms with E-state index in [0.29, 0.717) is 16.7 Å². The van der Waals surface area contributed by atoms with Gasteiger partial charge in [-0.3, -0.25) is 9.59 Å². The molecule has 3 aromatic rings. The fraction of sp³-hybridized carbons (Fsp3) is 0.0714. The van der Waals surface area contributed by atoms with E-state index in [1.54, 1.807) is 12.1 Å². The predicted molar refractivity (Wildman–Crippen MR) is 77.7 cm³/mol. The number of amides is 1. The number of anilines is 1. The second-order valence-electron chi connectivity index (χ2n) is 4.15. The van der Waals surface area contributed by atoms with Crippen molar-refractivity contribution in [2.75, 3.05) is 5.32 Å². The Kier molecular flexibility index (Phi) is 2.76. The van der Waals surface area contributed by atoms with Crippen LogP contribution in [-0.4, -0.2) is 10.9 Å². The van der Waals surface area contributed by atoms with E-state index in [1.807, 2.05) is 24.3 Å². The quantitative estimate of drug-likeness (QED) is 0.692. The predicted octanol–water partition coefficient (Wildman–Crippen LogP) is 2.77. The van der Waals surface area contributed by atoms with Crippen molar-refractivity contribution in [2.45, 2.75) is 6.92 Å². The molecule has 0 fully saturated rings. The van der Waals surface area contributed by atoms with Crippen LogP contribution in [0.25, 0.3) is 20.3 Å². The molecule has 5 heteroatoms. The number of aromatic nitrogens is 1. The van der Waals surface area contributed by atoms with E-state index < -0.39 is 0 Å². The van der Waals surface area contributed by atoms with Crippen molar-refractivity contribution in [3.63, 3.8) is 0 Å². The van der Waals surface area contributed by atoms with Crippen LogP contribution in [0.2, 0.25) is 0 Å². The minimum Gasteiger partial charge on any atom is -0.311 e. The van der Waals surface area contributed by atoms with Crippen LogP contribution in [0.1, 0.15) is 6.92 Å². The summed E-state index contributed by atoms with van der Waals surface area (Å²) in [6, 6.07) is 11.0. The highest BCUT2D eigenvalue weighted by molar-refractivity contribution is 7.24. The molecule has 0 unspecified atom stereocenters. The van der Waals surface area contributed by atoms with E-state index in [9.17, 15) is 9.59 Å². The molecule has 1 aromatic carbocycles. The van der Waals surface area contributed by atoms with Gasteiger partial charge < -0.3 is 5.32 Å². The highest BCUT2D eigenvalue weighted by Gasteiger charge is 2.08.